The van der Waals surface area contributed by atoms with E-state index in [2.05, 4.69) is 29.5 Å². The van der Waals surface area contributed by atoms with Gasteiger partial charge in [-0.15, -0.1) is 0 Å². The summed E-state index contributed by atoms with van der Waals surface area (Å²) in [5, 5.41) is 8.23. The number of rotatable bonds is 5. The van der Waals surface area contributed by atoms with Crippen molar-refractivity contribution in [1.29, 1.82) is 0 Å². The fraction of sp³-hybridized carbons (Fsp3) is 0.400. The normalized spacial score (nSPS) is 12.6. The maximum absolute atomic E-state index is 5.88. The third-order valence-corrected chi connectivity index (χ3v) is 3.52. The van der Waals surface area contributed by atoms with Crippen molar-refractivity contribution in [2.24, 2.45) is 0 Å². The van der Waals surface area contributed by atoms with Crippen LogP contribution in [-0.4, -0.2) is 11.2 Å². The van der Waals surface area contributed by atoms with E-state index in [0.29, 0.717) is 6.04 Å². The Bertz CT molecular complexity index is 514. The Kier molecular flexibility index (Phi) is 4.61. The van der Waals surface area contributed by atoms with Crippen LogP contribution in [0.1, 0.15) is 29.5 Å². The average molecular weight is 279 g/mol. The molecule has 1 heterocycles. The first-order valence-corrected chi connectivity index (χ1v) is 6.83. The first-order chi connectivity index (χ1) is 9.06. The highest BCUT2D eigenvalue weighted by Crippen LogP contribution is 2.13. The van der Waals surface area contributed by atoms with Crippen LogP contribution < -0.4 is 5.32 Å². The highest BCUT2D eigenvalue weighted by atomic mass is 35.5. The Morgan fingerprint density at radius 2 is 1.95 bits per heavy atom. The highest BCUT2D eigenvalue weighted by molar-refractivity contribution is 6.30. The summed E-state index contributed by atoms with van der Waals surface area (Å²) in [5.74, 6) is 0.892. The Hall–Kier alpha value is -1.32. The summed E-state index contributed by atoms with van der Waals surface area (Å²) in [5.41, 5.74) is 3.40. The minimum Gasteiger partial charge on any atom is -0.361 e. The smallest absolute Gasteiger partial charge is 0.138 e. The number of halogens is 1. The number of hydrogen-bond donors (Lipinski definition) is 1. The number of benzene rings is 1. The molecule has 0 saturated carbocycles. The van der Waals surface area contributed by atoms with Crippen LogP contribution in [-0.2, 0) is 13.0 Å². The molecule has 1 atom stereocenters. The molecule has 1 N–H and O–H groups in total. The van der Waals surface area contributed by atoms with E-state index in [9.17, 15) is 0 Å². The lowest BCUT2D eigenvalue weighted by Crippen LogP contribution is -2.27. The van der Waals surface area contributed by atoms with Gasteiger partial charge in [0.15, 0.2) is 0 Å². The van der Waals surface area contributed by atoms with Crippen molar-refractivity contribution in [3.8, 4) is 0 Å². The van der Waals surface area contributed by atoms with E-state index in [4.69, 9.17) is 16.1 Å². The van der Waals surface area contributed by atoms with E-state index in [1.807, 2.05) is 26.0 Å². The fourth-order valence-corrected chi connectivity index (χ4v) is 2.20. The maximum atomic E-state index is 5.88. The summed E-state index contributed by atoms with van der Waals surface area (Å²) < 4.78 is 5.15. The Morgan fingerprint density at radius 3 is 2.53 bits per heavy atom. The van der Waals surface area contributed by atoms with Gasteiger partial charge in [-0.05, 0) is 44.9 Å². The van der Waals surface area contributed by atoms with Crippen LogP contribution >= 0.6 is 11.6 Å². The number of aromatic nitrogens is 1. The molecule has 0 aliphatic rings. The van der Waals surface area contributed by atoms with Gasteiger partial charge in [0.2, 0.25) is 0 Å². The highest BCUT2D eigenvalue weighted by Gasteiger charge is 2.10. The molecule has 2 aromatic rings. The summed E-state index contributed by atoms with van der Waals surface area (Å²) in [6.45, 7) is 6.88. The molecule has 3 nitrogen and oxygen atoms in total. The number of nitrogens with one attached hydrogen (secondary N) is 1. The van der Waals surface area contributed by atoms with Crippen molar-refractivity contribution in [2.75, 3.05) is 0 Å². The van der Waals surface area contributed by atoms with Gasteiger partial charge in [-0.1, -0.05) is 28.9 Å². The van der Waals surface area contributed by atoms with E-state index < -0.39 is 0 Å². The van der Waals surface area contributed by atoms with E-state index in [1.165, 1.54) is 5.56 Å². The van der Waals surface area contributed by atoms with Gasteiger partial charge in [-0.2, -0.15) is 0 Å². The van der Waals surface area contributed by atoms with Crippen LogP contribution in [0.15, 0.2) is 28.8 Å². The van der Waals surface area contributed by atoms with Crippen LogP contribution in [0, 0.1) is 13.8 Å². The Balaban J connectivity index is 1.88. The van der Waals surface area contributed by atoms with Gasteiger partial charge in [0, 0.05) is 23.2 Å². The van der Waals surface area contributed by atoms with Gasteiger partial charge in [0.25, 0.3) is 0 Å². The summed E-state index contributed by atoms with van der Waals surface area (Å²) in [6.07, 6.45) is 0.973. The molecule has 0 amide bonds. The molecule has 0 spiro atoms. The van der Waals surface area contributed by atoms with E-state index >= 15 is 0 Å². The zero-order valence-corrected chi connectivity index (χ0v) is 12.3. The number of nitrogens with zero attached hydrogens (tertiary/aromatic N) is 1. The second kappa shape index (κ2) is 6.22. The van der Waals surface area contributed by atoms with Crippen LogP contribution in [0.3, 0.4) is 0 Å². The van der Waals surface area contributed by atoms with Gasteiger partial charge in [0.1, 0.15) is 5.76 Å². The van der Waals surface area contributed by atoms with E-state index in [0.717, 1.165) is 35.0 Å². The van der Waals surface area contributed by atoms with E-state index in [1.54, 1.807) is 0 Å². The summed E-state index contributed by atoms with van der Waals surface area (Å²) in [6, 6.07) is 8.37. The third kappa shape index (κ3) is 3.82. The van der Waals surface area contributed by atoms with Crippen LogP contribution in [0.5, 0.6) is 0 Å². The molecule has 102 valence electrons. The predicted octanol–water partition coefficient (Wildman–Crippen LogP) is 3.67. The molecule has 1 aromatic carbocycles. The first-order valence-electron chi connectivity index (χ1n) is 6.46. The van der Waals surface area contributed by atoms with Crippen molar-refractivity contribution in [3.05, 3.63) is 51.9 Å². The molecule has 4 heteroatoms. The quantitative estimate of drug-likeness (QED) is 0.907. The summed E-state index contributed by atoms with van der Waals surface area (Å²) in [4.78, 5) is 0. The van der Waals surface area contributed by atoms with Crippen LogP contribution in [0.2, 0.25) is 5.02 Å². The molecule has 19 heavy (non-hydrogen) atoms. The molecule has 0 radical (unpaired) electrons. The Morgan fingerprint density at radius 1 is 1.26 bits per heavy atom. The molecule has 1 unspecified atom stereocenters. The van der Waals surface area contributed by atoms with Gasteiger partial charge >= 0.3 is 0 Å². The largest absolute Gasteiger partial charge is 0.361 e. The standard InChI is InChI=1S/C15H19ClN2O/c1-10(8-13-4-6-14(16)7-5-13)17-9-15-11(2)18-19-12(15)3/h4-7,10,17H,8-9H2,1-3H3. The van der Waals surface area contributed by atoms with Crippen molar-refractivity contribution in [3.63, 3.8) is 0 Å². The van der Waals surface area contributed by atoms with Gasteiger partial charge < -0.3 is 9.84 Å². The second-order valence-electron chi connectivity index (χ2n) is 4.92. The SMILES string of the molecule is Cc1noc(C)c1CNC(C)Cc1ccc(Cl)cc1. The fourth-order valence-electron chi connectivity index (χ4n) is 2.08. The second-order valence-corrected chi connectivity index (χ2v) is 5.35. The van der Waals surface area contributed by atoms with Crippen molar-refractivity contribution < 1.29 is 4.52 Å². The molecule has 0 aliphatic heterocycles. The van der Waals surface area contributed by atoms with Gasteiger partial charge in [0.05, 0.1) is 5.69 Å². The zero-order valence-electron chi connectivity index (χ0n) is 11.5. The molecular formula is C15H19ClN2O. The lowest BCUT2D eigenvalue weighted by molar-refractivity contribution is 0.391. The molecule has 0 saturated heterocycles. The van der Waals surface area contributed by atoms with Crippen LogP contribution in [0.25, 0.3) is 0 Å². The van der Waals surface area contributed by atoms with E-state index in [-0.39, 0.29) is 0 Å². The van der Waals surface area contributed by atoms with Crippen molar-refractivity contribution >= 4 is 11.6 Å². The molecule has 0 bridgehead atoms. The van der Waals surface area contributed by atoms with Crippen molar-refractivity contribution in [2.45, 2.75) is 39.8 Å². The van der Waals surface area contributed by atoms with Crippen molar-refractivity contribution in [1.82, 2.24) is 10.5 Å². The zero-order chi connectivity index (χ0) is 13.8. The topological polar surface area (TPSA) is 38.1 Å². The molecule has 2 rings (SSSR count). The molecule has 0 aliphatic carbocycles. The summed E-state index contributed by atoms with van der Waals surface area (Å²) >= 11 is 5.88. The molecule has 1 aromatic heterocycles. The minimum atomic E-state index is 0.384. The molecule has 0 fully saturated rings. The third-order valence-electron chi connectivity index (χ3n) is 3.26. The number of hydrogen-bond acceptors (Lipinski definition) is 3. The van der Waals surface area contributed by atoms with Crippen LogP contribution in [0.4, 0.5) is 0 Å². The maximum Gasteiger partial charge on any atom is 0.138 e. The lowest BCUT2D eigenvalue weighted by atomic mass is 10.1. The Labute approximate surface area is 118 Å². The van der Waals surface area contributed by atoms with Gasteiger partial charge in [-0.3, -0.25) is 0 Å². The van der Waals surface area contributed by atoms with Gasteiger partial charge in [-0.25, -0.2) is 0 Å². The number of aryl methyl sites for hydroxylation is 2. The predicted molar refractivity (Wildman–Crippen MR) is 77.4 cm³/mol. The molecular weight excluding hydrogens is 260 g/mol. The average Bonchev–Trinajstić information content (AvgIpc) is 2.70. The first kappa shape index (κ1) is 14.1. The summed E-state index contributed by atoms with van der Waals surface area (Å²) in [7, 11) is 0. The minimum absolute atomic E-state index is 0.384. The monoisotopic (exact) mass is 278 g/mol. The lowest BCUT2D eigenvalue weighted by Gasteiger charge is -2.13.